The maximum absolute atomic E-state index is 13.1. The highest BCUT2D eigenvalue weighted by molar-refractivity contribution is 5.17. The van der Waals surface area contributed by atoms with E-state index in [9.17, 15) is 74.6 Å². The Balaban J connectivity index is 6.89. The molecule has 0 rings (SSSR count). The van der Waals surface area contributed by atoms with Gasteiger partial charge in [-0.15, -0.1) is 0 Å². The zero-order chi connectivity index (χ0) is 22.7. The monoisotopic (exact) mass is 448 g/mol. The van der Waals surface area contributed by atoms with Crippen LogP contribution in [0.1, 0.15) is 13.3 Å². The fraction of sp³-hybridized carbons (Fsp3) is 1.00. The van der Waals surface area contributed by atoms with E-state index >= 15 is 0 Å². The van der Waals surface area contributed by atoms with Crippen LogP contribution in [0.25, 0.3) is 0 Å². The minimum Gasteiger partial charge on any atom is -0.216 e. The molecule has 0 amide bonds. The Morgan fingerprint density at radius 3 is 0.889 bits per heavy atom. The van der Waals surface area contributed by atoms with Crippen LogP contribution in [-0.4, -0.2) is 47.6 Å². The van der Waals surface area contributed by atoms with Crippen LogP contribution in [0, 0.1) is 0 Å². The predicted octanol–water partition coefficient (Wildman–Crippen LogP) is 6.41. The van der Waals surface area contributed by atoms with Gasteiger partial charge in [-0.1, -0.05) is 6.92 Å². The fourth-order valence-electron chi connectivity index (χ4n) is 1.58. The lowest BCUT2D eigenvalue weighted by Crippen LogP contribution is -2.76. The zero-order valence-corrected chi connectivity index (χ0v) is 12.1. The lowest BCUT2D eigenvalue weighted by Gasteiger charge is -2.44. The smallest absolute Gasteiger partial charge is 0.216 e. The molecule has 0 aromatic rings. The Kier molecular flexibility index (Phi) is 5.88. The standard InChI is InChI=1S/C10H5F17/c1-2-3(11,12)5(14,15)7(18,19)8(20,21)6(16,17)4(13,9(22,23)24)10(25,26)27/h2H2,1H3. The van der Waals surface area contributed by atoms with Gasteiger partial charge in [0, 0.05) is 6.42 Å². The highest BCUT2D eigenvalue weighted by atomic mass is 19.4. The lowest BCUT2D eigenvalue weighted by molar-refractivity contribution is -0.465. The molecule has 0 atom stereocenters. The van der Waals surface area contributed by atoms with Gasteiger partial charge in [0.15, 0.2) is 0 Å². The molecular formula is C10H5F17. The van der Waals surface area contributed by atoms with E-state index < -0.39 is 54.1 Å². The van der Waals surface area contributed by atoms with Crippen LogP contribution in [0.2, 0.25) is 0 Å². The molecule has 17 heteroatoms. The number of hydrogen-bond acceptors (Lipinski definition) is 0. The van der Waals surface area contributed by atoms with Crippen molar-refractivity contribution >= 4 is 0 Å². The molecule has 0 aromatic carbocycles. The second-order valence-corrected chi connectivity index (χ2v) is 5.01. The molecule has 0 aliphatic carbocycles. The van der Waals surface area contributed by atoms with E-state index in [4.69, 9.17) is 0 Å². The van der Waals surface area contributed by atoms with Crippen molar-refractivity contribution in [3.8, 4) is 0 Å². The number of rotatable bonds is 6. The van der Waals surface area contributed by atoms with Crippen LogP contribution in [-0.2, 0) is 0 Å². The van der Waals surface area contributed by atoms with E-state index in [-0.39, 0.29) is 6.92 Å². The summed E-state index contributed by atoms with van der Waals surface area (Å²) in [7, 11) is 0. The lowest BCUT2D eigenvalue weighted by atomic mass is 9.84. The third-order valence-electron chi connectivity index (χ3n) is 3.30. The van der Waals surface area contributed by atoms with Crippen molar-refractivity contribution in [1.82, 2.24) is 0 Å². The third-order valence-corrected chi connectivity index (χ3v) is 3.30. The molecular weight excluding hydrogens is 443 g/mol. The van der Waals surface area contributed by atoms with Crippen molar-refractivity contribution in [2.24, 2.45) is 0 Å². The molecule has 0 heterocycles. The summed E-state index contributed by atoms with van der Waals surface area (Å²) in [6, 6.07) is 0. The molecule has 0 saturated heterocycles. The average Bonchev–Trinajstić information content (AvgIpc) is 2.42. The molecule has 164 valence electrons. The molecule has 0 spiro atoms. The van der Waals surface area contributed by atoms with Crippen LogP contribution >= 0.6 is 0 Å². The second-order valence-electron chi connectivity index (χ2n) is 5.01. The van der Waals surface area contributed by atoms with E-state index in [1.54, 1.807) is 0 Å². The van der Waals surface area contributed by atoms with E-state index in [2.05, 4.69) is 0 Å². The molecule has 0 aliphatic rings. The first-order chi connectivity index (χ1) is 11.3. The molecule has 0 nitrogen and oxygen atoms in total. The predicted molar refractivity (Wildman–Crippen MR) is 51.0 cm³/mol. The van der Waals surface area contributed by atoms with Crippen molar-refractivity contribution in [1.29, 1.82) is 0 Å². The van der Waals surface area contributed by atoms with Crippen molar-refractivity contribution in [2.75, 3.05) is 0 Å². The zero-order valence-electron chi connectivity index (χ0n) is 12.1. The Labute approximate surface area is 137 Å². The Morgan fingerprint density at radius 1 is 0.407 bits per heavy atom. The molecule has 27 heavy (non-hydrogen) atoms. The Morgan fingerprint density at radius 2 is 0.667 bits per heavy atom. The summed E-state index contributed by atoms with van der Waals surface area (Å²) in [6.07, 6.45) is -18.6. The summed E-state index contributed by atoms with van der Waals surface area (Å²) in [5, 5.41) is 0. The maximum atomic E-state index is 13.1. The molecule has 0 unspecified atom stereocenters. The highest BCUT2D eigenvalue weighted by Gasteiger charge is 2.96. The molecule has 0 radical (unpaired) electrons. The van der Waals surface area contributed by atoms with Gasteiger partial charge < -0.3 is 0 Å². The first-order valence-electron chi connectivity index (χ1n) is 6.02. The van der Waals surface area contributed by atoms with Crippen LogP contribution in [0.15, 0.2) is 0 Å². The van der Waals surface area contributed by atoms with Crippen LogP contribution < -0.4 is 0 Å². The number of hydrogen-bond donors (Lipinski definition) is 0. The minimum absolute atomic E-state index is 0.0782. The number of alkyl halides is 17. The molecule has 0 N–H and O–H groups in total. The molecule has 0 saturated carbocycles. The van der Waals surface area contributed by atoms with E-state index in [0.29, 0.717) is 0 Å². The van der Waals surface area contributed by atoms with Gasteiger partial charge in [0.05, 0.1) is 0 Å². The van der Waals surface area contributed by atoms with Crippen LogP contribution in [0.4, 0.5) is 74.6 Å². The SMILES string of the molecule is CCC(F)(F)C(F)(F)C(F)(F)C(F)(F)C(F)(F)C(F)(C(F)(F)F)C(F)(F)F. The summed E-state index contributed by atoms with van der Waals surface area (Å²) in [4.78, 5) is 0. The highest BCUT2D eigenvalue weighted by Crippen LogP contribution is 2.65. The van der Waals surface area contributed by atoms with Crippen molar-refractivity contribution in [2.45, 2.75) is 61.0 Å². The molecule has 0 aromatic heterocycles. The summed E-state index contributed by atoms with van der Waals surface area (Å²) < 4.78 is 216. The van der Waals surface area contributed by atoms with Gasteiger partial charge in [-0.3, -0.25) is 0 Å². The Hall–Kier alpha value is -1.19. The molecule has 0 bridgehead atoms. The van der Waals surface area contributed by atoms with Crippen LogP contribution in [0.5, 0.6) is 0 Å². The summed E-state index contributed by atoms with van der Waals surface area (Å²) in [6.45, 7) is -0.0782. The van der Waals surface area contributed by atoms with Gasteiger partial charge in [-0.25, -0.2) is 4.39 Å². The first kappa shape index (κ1) is 25.8. The normalized spacial score (nSPS) is 16.7. The largest absolute Gasteiger partial charge is 0.438 e. The summed E-state index contributed by atoms with van der Waals surface area (Å²) in [5.74, 6) is -39.4. The van der Waals surface area contributed by atoms with E-state index in [1.807, 2.05) is 0 Å². The fourth-order valence-corrected chi connectivity index (χ4v) is 1.58. The quantitative estimate of drug-likeness (QED) is 0.413. The van der Waals surface area contributed by atoms with Gasteiger partial charge in [0.2, 0.25) is 0 Å². The average molecular weight is 448 g/mol. The molecule has 0 aliphatic heterocycles. The molecule has 0 fully saturated rings. The minimum atomic E-state index is -8.69. The van der Waals surface area contributed by atoms with Crippen molar-refractivity contribution in [3.63, 3.8) is 0 Å². The topological polar surface area (TPSA) is 0 Å². The Bertz CT molecular complexity index is 521. The van der Waals surface area contributed by atoms with Crippen molar-refractivity contribution in [3.05, 3.63) is 0 Å². The summed E-state index contributed by atoms with van der Waals surface area (Å²) in [5.41, 5.74) is -8.49. The third kappa shape index (κ3) is 3.07. The van der Waals surface area contributed by atoms with Gasteiger partial charge in [-0.2, -0.15) is 70.2 Å². The van der Waals surface area contributed by atoms with Crippen LogP contribution in [0.3, 0.4) is 0 Å². The van der Waals surface area contributed by atoms with Gasteiger partial charge in [0.25, 0.3) is 0 Å². The van der Waals surface area contributed by atoms with E-state index in [1.165, 1.54) is 0 Å². The summed E-state index contributed by atoms with van der Waals surface area (Å²) >= 11 is 0. The second kappa shape index (κ2) is 6.15. The maximum Gasteiger partial charge on any atom is 0.438 e. The van der Waals surface area contributed by atoms with Gasteiger partial charge in [-0.05, 0) is 0 Å². The van der Waals surface area contributed by atoms with Crippen molar-refractivity contribution < 1.29 is 74.6 Å². The van der Waals surface area contributed by atoms with Gasteiger partial charge >= 0.3 is 47.6 Å². The number of halogens is 17. The van der Waals surface area contributed by atoms with Gasteiger partial charge in [0.1, 0.15) is 0 Å². The van der Waals surface area contributed by atoms with E-state index in [0.717, 1.165) is 0 Å². The first-order valence-corrected chi connectivity index (χ1v) is 6.02.